The summed E-state index contributed by atoms with van der Waals surface area (Å²) < 4.78 is 7.20. The molecule has 1 aliphatic rings. The number of carbonyl (C=O) groups excluding carboxylic acids is 2. The molecular weight excluding hydrogens is 370 g/mol. The zero-order valence-corrected chi connectivity index (χ0v) is 16.5. The second-order valence-electron chi connectivity index (χ2n) is 7.15. The highest BCUT2D eigenvalue weighted by Gasteiger charge is 2.34. The van der Waals surface area contributed by atoms with Crippen LogP contribution in [0.5, 0.6) is 0 Å². The van der Waals surface area contributed by atoms with E-state index < -0.39 is 0 Å². The summed E-state index contributed by atoms with van der Waals surface area (Å²) in [7, 11) is 1.85. The standard InChI is InChI=1S/C21H23N5O3/c1-15-22-19(29-23-15)17-10-12-25(21(28)18-9-6-11-24(18)2)13-14-26(17)20(27)16-7-4-3-5-8-16/h3-9,11,17H,10,12-14H2,1-2H3. The van der Waals surface area contributed by atoms with E-state index in [1.165, 1.54) is 0 Å². The number of benzene rings is 1. The van der Waals surface area contributed by atoms with Crippen molar-refractivity contribution in [1.82, 2.24) is 24.5 Å². The van der Waals surface area contributed by atoms with E-state index in [0.29, 0.717) is 49.0 Å². The van der Waals surface area contributed by atoms with E-state index in [1.54, 1.807) is 39.5 Å². The molecule has 0 N–H and O–H groups in total. The van der Waals surface area contributed by atoms with Gasteiger partial charge >= 0.3 is 0 Å². The van der Waals surface area contributed by atoms with Crippen molar-refractivity contribution < 1.29 is 14.1 Å². The highest BCUT2D eigenvalue weighted by atomic mass is 16.5. The summed E-state index contributed by atoms with van der Waals surface area (Å²) in [5, 5.41) is 3.89. The number of amides is 2. The highest BCUT2D eigenvalue weighted by Crippen LogP contribution is 2.28. The third-order valence-corrected chi connectivity index (χ3v) is 5.22. The molecule has 8 nitrogen and oxygen atoms in total. The van der Waals surface area contributed by atoms with Gasteiger partial charge in [0, 0.05) is 38.4 Å². The lowest BCUT2D eigenvalue weighted by Crippen LogP contribution is -2.38. The molecule has 0 aliphatic carbocycles. The summed E-state index contributed by atoms with van der Waals surface area (Å²) in [5.41, 5.74) is 1.22. The molecule has 2 amide bonds. The topological polar surface area (TPSA) is 84.5 Å². The summed E-state index contributed by atoms with van der Waals surface area (Å²) in [5.74, 6) is 0.764. The fraction of sp³-hybridized carbons (Fsp3) is 0.333. The first-order valence-corrected chi connectivity index (χ1v) is 9.61. The molecule has 0 spiro atoms. The van der Waals surface area contributed by atoms with Crippen molar-refractivity contribution in [3.8, 4) is 0 Å². The van der Waals surface area contributed by atoms with Gasteiger partial charge in [-0.1, -0.05) is 23.4 Å². The average Bonchev–Trinajstić information content (AvgIpc) is 3.29. The number of hydrogen-bond acceptors (Lipinski definition) is 5. The molecule has 4 rings (SSSR count). The summed E-state index contributed by atoms with van der Waals surface area (Å²) >= 11 is 0. The molecule has 1 aliphatic heterocycles. The van der Waals surface area contributed by atoms with Crippen molar-refractivity contribution in [1.29, 1.82) is 0 Å². The number of rotatable bonds is 3. The molecule has 0 radical (unpaired) electrons. The number of nitrogens with zero attached hydrogens (tertiary/aromatic N) is 5. The smallest absolute Gasteiger partial charge is 0.270 e. The maximum atomic E-state index is 13.2. The SMILES string of the molecule is Cc1noc(C2CCN(C(=O)c3cccn3C)CCN2C(=O)c2ccccc2)n1. The van der Waals surface area contributed by atoms with Gasteiger partial charge in [0.2, 0.25) is 5.89 Å². The normalized spacial score (nSPS) is 17.2. The van der Waals surface area contributed by atoms with Crippen molar-refractivity contribution in [3.05, 3.63) is 71.6 Å². The Bertz CT molecular complexity index is 1010. The lowest BCUT2D eigenvalue weighted by atomic mass is 10.1. The van der Waals surface area contributed by atoms with Gasteiger partial charge in [-0.2, -0.15) is 4.98 Å². The van der Waals surface area contributed by atoms with Crippen molar-refractivity contribution in [2.45, 2.75) is 19.4 Å². The Morgan fingerprint density at radius 3 is 2.48 bits per heavy atom. The van der Waals surface area contributed by atoms with Crippen LogP contribution < -0.4 is 0 Å². The molecule has 150 valence electrons. The number of aromatic nitrogens is 3. The molecule has 3 heterocycles. The van der Waals surface area contributed by atoms with E-state index in [-0.39, 0.29) is 17.9 Å². The van der Waals surface area contributed by atoms with Crippen LogP contribution in [-0.2, 0) is 7.05 Å². The van der Waals surface area contributed by atoms with Crippen molar-refractivity contribution in [2.75, 3.05) is 19.6 Å². The number of aryl methyl sites for hydroxylation is 2. The Hall–Kier alpha value is -3.42. The lowest BCUT2D eigenvalue weighted by Gasteiger charge is -2.27. The molecule has 1 aromatic carbocycles. The van der Waals surface area contributed by atoms with E-state index >= 15 is 0 Å². The minimum absolute atomic E-state index is 0.0491. The van der Waals surface area contributed by atoms with Crippen LogP contribution in [0.1, 0.15) is 45.0 Å². The van der Waals surface area contributed by atoms with Crippen LogP contribution in [0.3, 0.4) is 0 Å². The summed E-state index contributed by atoms with van der Waals surface area (Å²) in [6.45, 7) is 3.06. The first-order chi connectivity index (χ1) is 14.0. The Balaban J connectivity index is 1.62. The summed E-state index contributed by atoms with van der Waals surface area (Å²) in [4.78, 5) is 34.1. The fourth-order valence-corrected chi connectivity index (χ4v) is 3.67. The van der Waals surface area contributed by atoms with Crippen molar-refractivity contribution in [2.24, 2.45) is 7.05 Å². The predicted octanol–water partition coefficient (Wildman–Crippen LogP) is 2.45. The molecule has 2 aromatic heterocycles. The van der Waals surface area contributed by atoms with E-state index in [2.05, 4.69) is 10.1 Å². The molecule has 8 heteroatoms. The van der Waals surface area contributed by atoms with Gasteiger partial charge in [-0.15, -0.1) is 0 Å². The minimum Gasteiger partial charge on any atom is -0.347 e. The number of hydrogen-bond donors (Lipinski definition) is 0. The van der Waals surface area contributed by atoms with E-state index in [1.807, 2.05) is 37.5 Å². The molecule has 29 heavy (non-hydrogen) atoms. The quantitative estimate of drug-likeness (QED) is 0.682. The molecule has 1 saturated heterocycles. The molecule has 0 bridgehead atoms. The van der Waals surface area contributed by atoms with Crippen LogP contribution in [0.25, 0.3) is 0 Å². The largest absolute Gasteiger partial charge is 0.347 e. The fourth-order valence-electron chi connectivity index (χ4n) is 3.67. The van der Waals surface area contributed by atoms with Gasteiger partial charge in [-0.05, 0) is 37.6 Å². The van der Waals surface area contributed by atoms with Crippen LogP contribution in [0, 0.1) is 6.92 Å². The molecule has 1 atom stereocenters. The molecular formula is C21H23N5O3. The second-order valence-corrected chi connectivity index (χ2v) is 7.15. The third-order valence-electron chi connectivity index (χ3n) is 5.22. The van der Waals surface area contributed by atoms with Crippen molar-refractivity contribution >= 4 is 11.8 Å². The summed E-state index contributed by atoms with van der Waals surface area (Å²) in [6, 6.07) is 12.4. The van der Waals surface area contributed by atoms with Gasteiger partial charge in [0.1, 0.15) is 11.7 Å². The van der Waals surface area contributed by atoms with Crippen LogP contribution in [0.4, 0.5) is 0 Å². The van der Waals surface area contributed by atoms with Gasteiger partial charge in [0.05, 0.1) is 0 Å². The molecule has 1 unspecified atom stereocenters. The van der Waals surface area contributed by atoms with Crippen LogP contribution in [-0.4, -0.2) is 56.0 Å². The van der Waals surface area contributed by atoms with E-state index in [4.69, 9.17) is 4.52 Å². The Morgan fingerprint density at radius 1 is 1.03 bits per heavy atom. The maximum Gasteiger partial charge on any atom is 0.270 e. The minimum atomic E-state index is -0.380. The zero-order chi connectivity index (χ0) is 20.4. The van der Waals surface area contributed by atoms with Gasteiger partial charge in [0.15, 0.2) is 5.82 Å². The molecule has 3 aromatic rings. The van der Waals surface area contributed by atoms with Gasteiger partial charge in [-0.25, -0.2) is 0 Å². The molecule has 1 fully saturated rings. The third kappa shape index (κ3) is 3.78. The Kier molecular flexibility index (Phi) is 5.16. The van der Waals surface area contributed by atoms with Crippen LogP contribution in [0.2, 0.25) is 0 Å². The van der Waals surface area contributed by atoms with Crippen LogP contribution >= 0.6 is 0 Å². The van der Waals surface area contributed by atoms with Gasteiger partial charge in [0.25, 0.3) is 11.8 Å². The maximum absolute atomic E-state index is 13.2. The van der Waals surface area contributed by atoms with E-state index in [0.717, 1.165) is 0 Å². The lowest BCUT2D eigenvalue weighted by molar-refractivity contribution is 0.0641. The Morgan fingerprint density at radius 2 is 1.83 bits per heavy atom. The predicted molar refractivity (Wildman–Crippen MR) is 105 cm³/mol. The first kappa shape index (κ1) is 18.9. The van der Waals surface area contributed by atoms with Crippen molar-refractivity contribution in [3.63, 3.8) is 0 Å². The average molecular weight is 393 g/mol. The monoisotopic (exact) mass is 393 g/mol. The summed E-state index contributed by atoms with van der Waals surface area (Å²) in [6.07, 6.45) is 2.37. The Labute approximate surface area is 168 Å². The number of carbonyl (C=O) groups is 2. The van der Waals surface area contributed by atoms with E-state index in [9.17, 15) is 9.59 Å². The first-order valence-electron chi connectivity index (χ1n) is 9.61. The molecule has 0 saturated carbocycles. The van der Waals surface area contributed by atoms with Crippen LogP contribution in [0.15, 0.2) is 53.2 Å². The highest BCUT2D eigenvalue weighted by molar-refractivity contribution is 5.95. The second kappa shape index (κ2) is 7.90. The van der Waals surface area contributed by atoms with Gasteiger partial charge in [-0.3, -0.25) is 9.59 Å². The zero-order valence-electron chi connectivity index (χ0n) is 16.5. The van der Waals surface area contributed by atoms with Gasteiger partial charge < -0.3 is 18.9 Å².